The second-order valence-corrected chi connectivity index (χ2v) is 4.89. The monoisotopic (exact) mass is 244 g/mol. The normalized spacial score (nSPS) is 23.6. The molecule has 1 aliphatic heterocycles. The molecule has 2 amide bonds. The zero-order chi connectivity index (χ0) is 13.2. The maximum absolute atomic E-state index is 11.8. The van der Waals surface area contributed by atoms with Gasteiger partial charge in [0.2, 0.25) is 0 Å². The first-order valence-corrected chi connectivity index (χ1v) is 5.61. The standard InChI is InChI=1S/C11H20N2O4/c1-6-16-10(15)17-8-11(2,3)7-12(4)9(14)13(8)5/h8H,6-7H2,1-5H3. The molecule has 0 radical (unpaired) electrons. The zero-order valence-electron chi connectivity index (χ0n) is 11.0. The van der Waals surface area contributed by atoms with E-state index in [9.17, 15) is 9.59 Å². The van der Waals surface area contributed by atoms with Crippen molar-refractivity contribution < 1.29 is 19.1 Å². The lowest BCUT2D eigenvalue weighted by molar-refractivity contribution is -0.106. The number of rotatable bonds is 2. The molecule has 1 unspecified atom stereocenters. The predicted molar refractivity (Wildman–Crippen MR) is 61.5 cm³/mol. The minimum absolute atomic E-state index is 0.168. The molecule has 0 aromatic carbocycles. The van der Waals surface area contributed by atoms with Crippen LogP contribution >= 0.6 is 0 Å². The molecular weight excluding hydrogens is 224 g/mol. The zero-order valence-corrected chi connectivity index (χ0v) is 11.0. The van der Waals surface area contributed by atoms with Gasteiger partial charge in [-0.2, -0.15) is 0 Å². The molecule has 0 aromatic rings. The van der Waals surface area contributed by atoms with Gasteiger partial charge in [-0.25, -0.2) is 9.59 Å². The highest BCUT2D eigenvalue weighted by Gasteiger charge is 2.45. The average molecular weight is 244 g/mol. The quantitative estimate of drug-likeness (QED) is 0.691. The van der Waals surface area contributed by atoms with Crippen LogP contribution in [-0.2, 0) is 9.47 Å². The smallest absolute Gasteiger partial charge is 0.435 e. The molecule has 0 aromatic heterocycles. The molecule has 1 rings (SSSR count). The Morgan fingerprint density at radius 3 is 2.59 bits per heavy atom. The van der Waals surface area contributed by atoms with E-state index in [1.54, 1.807) is 25.9 Å². The first kappa shape index (κ1) is 13.6. The van der Waals surface area contributed by atoms with Crippen molar-refractivity contribution in [2.45, 2.75) is 27.0 Å². The summed E-state index contributed by atoms with van der Waals surface area (Å²) in [6.07, 6.45) is -1.35. The Kier molecular flexibility index (Phi) is 3.85. The molecule has 0 N–H and O–H groups in total. The number of nitrogens with zero attached hydrogens (tertiary/aromatic N) is 2. The van der Waals surface area contributed by atoms with Gasteiger partial charge >= 0.3 is 12.2 Å². The molecule has 1 aliphatic rings. The van der Waals surface area contributed by atoms with Crippen molar-refractivity contribution in [1.82, 2.24) is 9.80 Å². The van der Waals surface area contributed by atoms with E-state index in [0.29, 0.717) is 6.54 Å². The summed E-state index contributed by atoms with van der Waals surface area (Å²) in [6, 6.07) is -0.168. The minimum atomic E-state index is -0.741. The number of hydrogen-bond acceptors (Lipinski definition) is 4. The second-order valence-electron chi connectivity index (χ2n) is 4.89. The summed E-state index contributed by atoms with van der Waals surface area (Å²) >= 11 is 0. The van der Waals surface area contributed by atoms with Crippen molar-refractivity contribution in [2.75, 3.05) is 27.2 Å². The average Bonchev–Trinajstić information content (AvgIpc) is 2.21. The predicted octanol–water partition coefficient (Wildman–Crippen LogP) is 1.51. The highest BCUT2D eigenvalue weighted by molar-refractivity contribution is 5.75. The number of carbonyl (C=O) groups is 2. The fraction of sp³-hybridized carbons (Fsp3) is 0.818. The molecule has 1 saturated heterocycles. The van der Waals surface area contributed by atoms with E-state index in [0.717, 1.165) is 0 Å². The van der Waals surface area contributed by atoms with Gasteiger partial charge in [-0.3, -0.25) is 4.90 Å². The Bertz CT molecular complexity index is 317. The van der Waals surface area contributed by atoms with Crippen LogP contribution in [0.4, 0.5) is 9.59 Å². The Hall–Kier alpha value is -1.46. The summed E-state index contributed by atoms with van der Waals surface area (Å²) in [6.45, 7) is 6.37. The largest absolute Gasteiger partial charge is 0.510 e. The summed E-state index contributed by atoms with van der Waals surface area (Å²) in [5.74, 6) is 0. The van der Waals surface area contributed by atoms with Gasteiger partial charge in [0.25, 0.3) is 0 Å². The molecule has 1 fully saturated rings. The van der Waals surface area contributed by atoms with Gasteiger partial charge in [-0.15, -0.1) is 0 Å². The molecule has 98 valence electrons. The van der Waals surface area contributed by atoms with Crippen LogP contribution in [0, 0.1) is 5.41 Å². The summed E-state index contributed by atoms with van der Waals surface area (Å²) in [5.41, 5.74) is -0.343. The molecule has 1 atom stereocenters. The molecule has 0 bridgehead atoms. The van der Waals surface area contributed by atoms with Crippen molar-refractivity contribution in [3.8, 4) is 0 Å². The third kappa shape index (κ3) is 2.81. The first-order chi connectivity index (χ1) is 7.79. The van der Waals surface area contributed by atoms with E-state index in [2.05, 4.69) is 0 Å². The Labute approximate surface area is 101 Å². The van der Waals surface area contributed by atoms with E-state index < -0.39 is 12.4 Å². The highest BCUT2D eigenvalue weighted by atomic mass is 16.7. The Morgan fingerprint density at radius 2 is 2.06 bits per heavy atom. The van der Waals surface area contributed by atoms with E-state index in [4.69, 9.17) is 9.47 Å². The number of urea groups is 1. The van der Waals surface area contributed by atoms with Crippen LogP contribution in [0.3, 0.4) is 0 Å². The fourth-order valence-corrected chi connectivity index (χ4v) is 2.13. The van der Waals surface area contributed by atoms with Crippen LogP contribution in [-0.4, -0.2) is 55.5 Å². The summed E-state index contributed by atoms with van der Waals surface area (Å²) in [7, 11) is 3.34. The van der Waals surface area contributed by atoms with E-state index in [1.807, 2.05) is 13.8 Å². The van der Waals surface area contributed by atoms with Gasteiger partial charge in [0.05, 0.1) is 6.61 Å². The summed E-state index contributed by atoms with van der Waals surface area (Å²) < 4.78 is 9.93. The lowest BCUT2D eigenvalue weighted by atomic mass is 9.88. The van der Waals surface area contributed by atoms with Gasteiger partial charge in [0, 0.05) is 26.1 Å². The third-order valence-electron chi connectivity index (χ3n) is 2.76. The van der Waals surface area contributed by atoms with Gasteiger partial charge in [0.1, 0.15) is 0 Å². The van der Waals surface area contributed by atoms with Gasteiger partial charge in [-0.05, 0) is 6.92 Å². The van der Waals surface area contributed by atoms with Crippen LogP contribution in [0.25, 0.3) is 0 Å². The SMILES string of the molecule is CCOC(=O)OC1N(C)C(=O)N(C)CC1(C)C. The molecule has 0 spiro atoms. The van der Waals surface area contributed by atoms with Crippen molar-refractivity contribution >= 4 is 12.2 Å². The van der Waals surface area contributed by atoms with E-state index in [1.165, 1.54) is 4.90 Å². The Balaban J connectivity index is 2.80. The molecule has 6 heteroatoms. The topological polar surface area (TPSA) is 59.1 Å². The number of hydrogen-bond donors (Lipinski definition) is 0. The van der Waals surface area contributed by atoms with Crippen molar-refractivity contribution in [1.29, 1.82) is 0 Å². The molecular formula is C11H20N2O4. The summed E-state index contributed by atoms with van der Waals surface area (Å²) in [5, 5.41) is 0. The fourth-order valence-electron chi connectivity index (χ4n) is 2.13. The maximum Gasteiger partial charge on any atom is 0.510 e. The minimum Gasteiger partial charge on any atom is -0.435 e. The number of carbonyl (C=O) groups excluding carboxylic acids is 2. The van der Waals surface area contributed by atoms with E-state index in [-0.39, 0.29) is 18.1 Å². The highest BCUT2D eigenvalue weighted by Crippen LogP contribution is 2.31. The number of amides is 2. The van der Waals surface area contributed by atoms with Gasteiger partial charge in [0.15, 0.2) is 6.23 Å². The number of ether oxygens (including phenoxy) is 2. The van der Waals surface area contributed by atoms with Crippen LogP contribution in [0.1, 0.15) is 20.8 Å². The van der Waals surface area contributed by atoms with Crippen molar-refractivity contribution in [3.05, 3.63) is 0 Å². The van der Waals surface area contributed by atoms with Crippen LogP contribution in [0.2, 0.25) is 0 Å². The molecule has 17 heavy (non-hydrogen) atoms. The first-order valence-electron chi connectivity index (χ1n) is 5.61. The molecule has 6 nitrogen and oxygen atoms in total. The van der Waals surface area contributed by atoms with E-state index >= 15 is 0 Å². The molecule has 0 saturated carbocycles. The van der Waals surface area contributed by atoms with Crippen molar-refractivity contribution in [2.24, 2.45) is 5.41 Å². The van der Waals surface area contributed by atoms with Crippen molar-refractivity contribution in [3.63, 3.8) is 0 Å². The molecule has 0 aliphatic carbocycles. The van der Waals surface area contributed by atoms with Crippen LogP contribution in [0.15, 0.2) is 0 Å². The van der Waals surface area contributed by atoms with Gasteiger partial charge in [-0.1, -0.05) is 13.8 Å². The summed E-state index contributed by atoms with van der Waals surface area (Å²) in [4.78, 5) is 26.1. The maximum atomic E-state index is 11.8. The van der Waals surface area contributed by atoms with Gasteiger partial charge < -0.3 is 14.4 Å². The Morgan fingerprint density at radius 1 is 1.47 bits per heavy atom. The molecule has 1 heterocycles. The third-order valence-corrected chi connectivity index (χ3v) is 2.76. The van der Waals surface area contributed by atoms with Crippen LogP contribution < -0.4 is 0 Å². The second kappa shape index (κ2) is 4.81. The lowest BCUT2D eigenvalue weighted by Crippen LogP contribution is -2.61. The lowest BCUT2D eigenvalue weighted by Gasteiger charge is -2.46. The van der Waals surface area contributed by atoms with Crippen LogP contribution in [0.5, 0.6) is 0 Å².